The molecule has 0 aromatic heterocycles. The van der Waals surface area contributed by atoms with E-state index in [1.807, 2.05) is 0 Å². The molecule has 0 amide bonds. The molecule has 1 N–H and O–H groups in total. The van der Waals surface area contributed by atoms with Crippen LogP contribution < -0.4 is 5.32 Å². The first-order valence-corrected chi connectivity index (χ1v) is 7.89. The van der Waals surface area contributed by atoms with Gasteiger partial charge in [0.15, 0.2) is 0 Å². The molecule has 0 saturated heterocycles. The standard InChI is InChI=1S/C16H35N/c1-6-9-10-11-12-15(5)17-16(8-3)13-14(4)7-2/h14-17H,6-13H2,1-5H3. The molecule has 0 fully saturated rings. The Morgan fingerprint density at radius 2 is 1.59 bits per heavy atom. The molecule has 3 unspecified atom stereocenters. The quantitative estimate of drug-likeness (QED) is 0.493. The van der Waals surface area contributed by atoms with Crippen LogP contribution in [0, 0.1) is 5.92 Å². The first kappa shape index (κ1) is 17.0. The number of hydrogen-bond acceptors (Lipinski definition) is 1. The van der Waals surface area contributed by atoms with Crippen molar-refractivity contribution >= 4 is 0 Å². The van der Waals surface area contributed by atoms with E-state index in [1.165, 1.54) is 51.4 Å². The lowest BCUT2D eigenvalue weighted by atomic mass is 9.96. The van der Waals surface area contributed by atoms with E-state index in [2.05, 4.69) is 39.9 Å². The SMILES string of the molecule is CCCCCCC(C)NC(CC)CC(C)CC. The average molecular weight is 241 g/mol. The number of unbranched alkanes of at least 4 members (excludes halogenated alkanes) is 3. The van der Waals surface area contributed by atoms with E-state index in [-0.39, 0.29) is 0 Å². The minimum Gasteiger partial charge on any atom is -0.312 e. The summed E-state index contributed by atoms with van der Waals surface area (Å²) in [6.07, 6.45) is 10.8. The zero-order valence-electron chi connectivity index (χ0n) is 12.9. The van der Waals surface area contributed by atoms with E-state index in [4.69, 9.17) is 0 Å². The van der Waals surface area contributed by atoms with Gasteiger partial charge < -0.3 is 5.32 Å². The second-order valence-electron chi connectivity index (χ2n) is 5.77. The zero-order chi connectivity index (χ0) is 13.1. The fraction of sp³-hybridized carbons (Fsp3) is 1.00. The molecule has 0 aromatic carbocycles. The molecule has 17 heavy (non-hydrogen) atoms. The van der Waals surface area contributed by atoms with Gasteiger partial charge in [0.25, 0.3) is 0 Å². The maximum absolute atomic E-state index is 3.81. The molecule has 0 bridgehead atoms. The topological polar surface area (TPSA) is 12.0 Å². The maximum atomic E-state index is 3.81. The van der Waals surface area contributed by atoms with Crippen LogP contribution >= 0.6 is 0 Å². The Bertz CT molecular complexity index is 156. The summed E-state index contributed by atoms with van der Waals surface area (Å²) in [7, 11) is 0. The monoisotopic (exact) mass is 241 g/mol. The zero-order valence-corrected chi connectivity index (χ0v) is 12.9. The molecule has 1 heteroatoms. The largest absolute Gasteiger partial charge is 0.312 e. The Hall–Kier alpha value is -0.0400. The highest BCUT2D eigenvalue weighted by molar-refractivity contribution is 4.72. The van der Waals surface area contributed by atoms with Crippen LogP contribution in [-0.4, -0.2) is 12.1 Å². The van der Waals surface area contributed by atoms with E-state index in [9.17, 15) is 0 Å². The minimum absolute atomic E-state index is 0.695. The van der Waals surface area contributed by atoms with E-state index >= 15 is 0 Å². The third-order valence-electron chi connectivity index (χ3n) is 3.89. The van der Waals surface area contributed by atoms with Gasteiger partial charge in [-0.2, -0.15) is 0 Å². The molecule has 104 valence electrons. The van der Waals surface area contributed by atoms with Gasteiger partial charge in [0.2, 0.25) is 0 Å². The average Bonchev–Trinajstić information content (AvgIpc) is 2.33. The highest BCUT2D eigenvalue weighted by Gasteiger charge is 2.12. The smallest absolute Gasteiger partial charge is 0.00694 e. The fourth-order valence-corrected chi connectivity index (χ4v) is 2.37. The van der Waals surface area contributed by atoms with Crippen LogP contribution in [0.2, 0.25) is 0 Å². The molecule has 0 spiro atoms. The molecule has 0 radical (unpaired) electrons. The molecular weight excluding hydrogens is 206 g/mol. The number of rotatable bonds is 11. The van der Waals surface area contributed by atoms with Crippen molar-refractivity contribution in [3.8, 4) is 0 Å². The normalized spacial score (nSPS) is 16.8. The predicted molar refractivity (Wildman–Crippen MR) is 79.5 cm³/mol. The molecule has 0 saturated carbocycles. The second-order valence-corrected chi connectivity index (χ2v) is 5.77. The van der Waals surface area contributed by atoms with E-state index < -0.39 is 0 Å². The Kier molecular flexibility index (Phi) is 11.0. The van der Waals surface area contributed by atoms with Crippen LogP contribution in [-0.2, 0) is 0 Å². The lowest BCUT2D eigenvalue weighted by molar-refractivity contribution is 0.343. The van der Waals surface area contributed by atoms with Crippen molar-refractivity contribution < 1.29 is 0 Å². The van der Waals surface area contributed by atoms with Crippen molar-refractivity contribution in [2.24, 2.45) is 5.92 Å². The maximum Gasteiger partial charge on any atom is 0.00694 e. The highest BCUT2D eigenvalue weighted by atomic mass is 14.9. The summed E-state index contributed by atoms with van der Waals surface area (Å²) in [5.74, 6) is 0.861. The summed E-state index contributed by atoms with van der Waals surface area (Å²) in [6, 6.07) is 1.42. The van der Waals surface area contributed by atoms with E-state index in [1.54, 1.807) is 0 Å². The Morgan fingerprint density at radius 3 is 2.12 bits per heavy atom. The molecule has 0 aromatic rings. The van der Waals surface area contributed by atoms with Gasteiger partial charge in [0.1, 0.15) is 0 Å². The van der Waals surface area contributed by atoms with Gasteiger partial charge in [-0.15, -0.1) is 0 Å². The van der Waals surface area contributed by atoms with Crippen LogP contribution in [0.15, 0.2) is 0 Å². The van der Waals surface area contributed by atoms with Gasteiger partial charge in [-0.1, -0.05) is 59.8 Å². The summed E-state index contributed by atoms with van der Waals surface area (Å²) in [4.78, 5) is 0. The highest BCUT2D eigenvalue weighted by Crippen LogP contribution is 2.14. The molecular formula is C16H35N. The molecule has 3 atom stereocenters. The first-order valence-electron chi connectivity index (χ1n) is 7.89. The Morgan fingerprint density at radius 1 is 0.882 bits per heavy atom. The second kappa shape index (κ2) is 11.1. The number of nitrogens with one attached hydrogen (secondary N) is 1. The van der Waals surface area contributed by atoms with Crippen LogP contribution in [0.1, 0.15) is 86.0 Å². The minimum atomic E-state index is 0.695. The van der Waals surface area contributed by atoms with Crippen molar-refractivity contribution in [1.82, 2.24) is 5.32 Å². The third kappa shape index (κ3) is 9.64. The van der Waals surface area contributed by atoms with Crippen molar-refractivity contribution in [3.05, 3.63) is 0 Å². The lowest BCUT2D eigenvalue weighted by Crippen LogP contribution is -2.37. The van der Waals surface area contributed by atoms with Crippen LogP contribution in [0.5, 0.6) is 0 Å². The first-order chi connectivity index (χ1) is 8.13. The summed E-state index contributed by atoms with van der Waals surface area (Å²) < 4.78 is 0. The summed E-state index contributed by atoms with van der Waals surface area (Å²) >= 11 is 0. The van der Waals surface area contributed by atoms with Crippen molar-refractivity contribution in [1.29, 1.82) is 0 Å². The van der Waals surface area contributed by atoms with Crippen molar-refractivity contribution in [2.45, 2.75) is 98.1 Å². The van der Waals surface area contributed by atoms with Crippen LogP contribution in [0.25, 0.3) is 0 Å². The van der Waals surface area contributed by atoms with E-state index in [0.717, 1.165) is 12.0 Å². The van der Waals surface area contributed by atoms with E-state index in [0.29, 0.717) is 6.04 Å². The summed E-state index contributed by atoms with van der Waals surface area (Å²) in [5.41, 5.74) is 0. The summed E-state index contributed by atoms with van der Waals surface area (Å²) in [6.45, 7) is 11.6. The molecule has 0 aliphatic carbocycles. The van der Waals surface area contributed by atoms with Gasteiger partial charge >= 0.3 is 0 Å². The van der Waals surface area contributed by atoms with Gasteiger partial charge in [-0.05, 0) is 32.1 Å². The predicted octanol–water partition coefficient (Wildman–Crippen LogP) is 5.15. The molecule has 0 aliphatic heterocycles. The Balaban J connectivity index is 3.69. The third-order valence-corrected chi connectivity index (χ3v) is 3.89. The van der Waals surface area contributed by atoms with Crippen LogP contribution in [0.4, 0.5) is 0 Å². The van der Waals surface area contributed by atoms with Gasteiger partial charge in [0.05, 0.1) is 0 Å². The molecule has 1 nitrogen and oxygen atoms in total. The molecule has 0 heterocycles. The van der Waals surface area contributed by atoms with Crippen molar-refractivity contribution in [3.63, 3.8) is 0 Å². The van der Waals surface area contributed by atoms with Gasteiger partial charge in [0, 0.05) is 12.1 Å². The molecule has 0 rings (SSSR count). The molecule has 0 aliphatic rings. The van der Waals surface area contributed by atoms with Gasteiger partial charge in [-0.25, -0.2) is 0 Å². The Labute approximate surface area is 110 Å². The fourth-order valence-electron chi connectivity index (χ4n) is 2.37. The lowest BCUT2D eigenvalue weighted by Gasteiger charge is -2.24. The van der Waals surface area contributed by atoms with Crippen LogP contribution in [0.3, 0.4) is 0 Å². The van der Waals surface area contributed by atoms with Gasteiger partial charge in [-0.3, -0.25) is 0 Å². The summed E-state index contributed by atoms with van der Waals surface area (Å²) in [5, 5.41) is 3.81. The number of hydrogen-bond donors (Lipinski definition) is 1. The van der Waals surface area contributed by atoms with Crippen molar-refractivity contribution in [2.75, 3.05) is 0 Å².